The molecular weight excluding hydrogens is 213 g/mol. The van der Waals surface area contributed by atoms with Crippen LogP contribution in [-0.4, -0.2) is 0 Å². The van der Waals surface area contributed by atoms with Crippen LogP contribution in [0.3, 0.4) is 0 Å². The molecule has 2 heteroatoms. The van der Waals surface area contributed by atoms with Crippen molar-refractivity contribution in [2.75, 3.05) is 0 Å². The average molecular weight is 227 g/mol. The summed E-state index contributed by atoms with van der Waals surface area (Å²) < 4.78 is 13.9. The lowest BCUT2D eigenvalue weighted by atomic mass is 9.97. The lowest BCUT2D eigenvalue weighted by Gasteiger charge is -2.13. The molecule has 0 amide bonds. The van der Waals surface area contributed by atoms with Crippen LogP contribution < -0.4 is 5.32 Å². The van der Waals surface area contributed by atoms with Crippen LogP contribution in [0, 0.1) is 12.7 Å². The minimum absolute atomic E-state index is 0.00824. The van der Waals surface area contributed by atoms with Crippen LogP contribution >= 0.6 is 0 Å². The summed E-state index contributed by atoms with van der Waals surface area (Å²) in [7, 11) is 0. The van der Waals surface area contributed by atoms with Crippen molar-refractivity contribution in [3.8, 4) is 0 Å². The molecule has 1 atom stereocenters. The predicted octanol–water partition coefficient (Wildman–Crippen LogP) is 3.33. The van der Waals surface area contributed by atoms with Gasteiger partial charge in [-0.3, -0.25) is 0 Å². The Hall–Kier alpha value is -1.67. The van der Waals surface area contributed by atoms with Crippen molar-refractivity contribution in [3.63, 3.8) is 0 Å². The molecule has 17 heavy (non-hydrogen) atoms. The van der Waals surface area contributed by atoms with Gasteiger partial charge < -0.3 is 5.32 Å². The molecule has 0 spiro atoms. The highest BCUT2D eigenvalue weighted by molar-refractivity contribution is 5.42. The summed E-state index contributed by atoms with van der Waals surface area (Å²) in [5.41, 5.74) is 4.21. The van der Waals surface area contributed by atoms with Crippen LogP contribution in [-0.2, 0) is 6.54 Å². The molecule has 2 aromatic carbocycles. The Morgan fingerprint density at radius 3 is 2.82 bits per heavy atom. The molecule has 0 aromatic heterocycles. The zero-order valence-corrected chi connectivity index (χ0v) is 9.70. The minimum Gasteiger partial charge on any atom is -0.302 e. The summed E-state index contributed by atoms with van der Waals surface area (Å²) in [5.74, 6) is -0.112. The number of fused-ring (bicyclic) bond motifs is 1. The molecule has 0 saturated heterocycles. The van der Waals surface area contributed by atoms with Gasteiger partial charge in [0.15, 0.2) is 0 Å². The van der Waals surface area contributed by atoms with Crippen molar-refractivity contribution in [1.82, 2.24) is 5.32 Å². The Labute approximate surface area is 100 Å². The molecule has 2 aromatic rings. The maximum atomic E-state index is 13.9. The Kier molecular flexibility index (Phi) is 2.45. The van der Waals surface area contributed by atoms with Gasteiger partial charge >= 0.3 is 0 Å². The first kappa shape index (κ1) is 10.5. The third kappa shape index (κ3) is 1.75. The zero-order chi connectivity index (χ0) is 11.8. The summed E-state index contributed by atoms with van der Waals surface area (Å²) in [5, 5.41) is 3.37. The predicted molar refractivity (Wildman–Crippen MR) is 66.3 cm³/mol. The van der Waals surface area contributed by atoms with Crippen molar-refractivity contribution < 1.29 is 4.39 Å². The maximum Gasteiger partial charge on any atom is 0.128 e. The van der Waals surface area contributed by atoms with Gasteiger partial charge in [0.1, 0.15) is 5.82 Å². The average Bonchev–Trinajstić information content (AvgIpc) is 2.74. The van der Waals surface area contributed by atoms with Gasteiger partial charge in [0.25, 0.3) is 0 Å². The number of hydrogen-bond acceptors (Lipinski definition) is 1. The lowest BCUT2D eigenvalue weighted by molar-refractivity contribution is 0.585. The first-order valence-corrected chi connectivity index (χ1v) is 5.83. The topological polar surface area (TPSA) is 12.0 Å². The van der Waals surface area contributed by atoms with Crippen LogP contribution in [0.2, 0.25) is 0 Å². The van der Waals surface area contributed by atoms with Crippen LogP contribution in [0.25, 0.3) is 0 Å². The quantitative estimate of drug-likeness (QED) is 0.788. The molecule has 1 heterocycles. The molecule has 0 radical (unpaired) electrons. The largest absolute Gasteiger partial charge is 0.302 e. The molecule has 3 rings (SSSR count). The van der Waals surface area contributed by atoms with E-state index in [2.05, 4.69) is 24.4 Å². The van der Waals surface area contributed by atoms with Crippen LogP contribution in [0.5, 0.6) is 0 Å². The Balaban J connectivity index is 2.09. The molecule has 86 valence electrons. The highest BCUT2D eigenvalue weighted by Gasteiger charge is 2.26. The first-order valence-electron chi connectivity index (χ1n) is 5.83. The normalized spacial score (nSPS) is 18.1. The molecule has 0 bridgehead atoms. The standard InChI is InChI=1S/C15H14FN/c1-10-4-2-5-11(8-10)15-14-12(9-17-15)6-3-7-13(14)16/h2-8,15,17H,9H2,1H3. The van der Waals surface area contributed by atoms with E-state index in [4.69, 9.17) is 0 Å². The zero-order valence-electron chi connectivity index (χ0n) is 9.70. The van der Waals surface area contributed by atoms with E-state index in [1.165, 1.54) is 11.6 Å². The molecule has 1 aliphatic rings. The van der Waals surface area contributed by atoms with E-state index in [0.29, 0.717) is 0 Å². The number of benzene rings is 2. The van der Waals surface area contributed by atoms with Crippen molar-refractivity contribution in [2.24, 2.45) is 0 Å². The van der Waals surface area contributed by atoms with Crippen molar-refractivity contribution in [1.29, 1.82) is 0 Å². The van der Waals surface area contributed by atoms with E-state index >= 15 is 0 Å². The Bertz CT molecular complexity index is 563. The van der Waals surface area contributed by atoms with Gasteiger partial charge in [0.05, 0.1) is 6.04 Å². The fourth-order valence-corrected chi connectivity index (χ4v) is 2.51. The highest BCUT2D eigenvalue weighted by atomic mass is 19.1. The highest BCUT2D eigenvalue weighted by Crippen LogP contribution is 2.32. The van der Waals surface area contributed by atoms with Gasteiger partial charge in [-0.05, 0) is 24.1 Å². The molecule has 0 saturated carbocycles. The van der Waals surface area contributed by atoms with E-state index in [0.717, 1.165) is 23.2 Å². The molecule has 1 aliphatic heterocycles. The van der Waals surface area contributed by atoms with E-state index in [1.54, 1.807) is 6.07 Å². The van der Waals surface area contributed by atoms with E-state index in [1.807, 2.05) is 18.2 Å². The number of rotatable bonds is 1. The Morgan fingerprint density at radius 1 is 1.18 bits per heavy atom. The van der Waals surface area contributed by atoms with Gasteiger partial charge in [0.2, 0.25) is 0 Å². The maximum absolute atomic E-state index is 13.9. The van der Waals surface area contributed by atoms with Gasteiger partial charge in [-0.25, -0.2) is 4.39 Å². The summed E-state index contributed by atoms with van der Waals surface area (Å²) in [6, 6.07) is 13.5. The second-order valence-corrected chi connectivity index (χ2v) is 4.54. The summed E-state index contributed by atoms with van der Waals surface area (Å²) in [4.78, 5) is 0. The van der Waals surface area contributed by atoms with Crippen molar-refractivity contribution in [3.05, 3.63) is 70.5 Å². The number of halogens is 1. The molecule has 1 N–H and O–H groups in total. The fraction of sp³-hybridized carbons (Fsp3) is 0.200. The van der Waals surface area contributed by atoms with Gasteiger partial charge in [-0.1, -0.05) is 42.0 Å². The second-order valence-electron chi connectivity index (χ2n) is 4.54. The van der Waals surface area contributed by atoms with E-state index < -0.39 is 0 Å². The summed E-state index contributed by atoms with van der Waals surface area (Å²) in [6.45, 7) is 2.80. The summed E-state index contributed by atoms with van der Waals surface area (Å²) >= 11 is 0. The number of hydrogen-bond donors (Lipinski definition) is 1. The molecular formula is C15H14FN. The van der Waals surface area contributed by atoms with Crippen LogP contribution in [0.1, 0.15) is 28.3 Å². The SMILES string of the molecule is Cc1cccc(C2NCc3cccc(F)c32)c1. The lowest BCUT2D eigenvalue weighted by Crippen LogP contribution is -2.14. The van der Waals surface area contributed by atoms with Gasteiger partial charge in [0, 0.05) is 12.1 Å². The van der Waals surface area contributed by atoms with Crippen molar-refractivity contribution in [2.45, 2.75) is 19.5 Å². The molecule has 1 nitrogen and oxygen atoms in total. The van der Waals surface area contributed by atoms with E-state index in [9.17, 15) is 4.39 Å². The van der Waals surface area contributed by atoms with Gasteiger partial charge in [-0.15, -0.1) is 0 Å². The number of nitrogens with one attached hydrogen (secondary N) is 1. The third-order valence-corrected chi connectivity index (χ3v) is 3.30. The van der Waals surface area contributed by atoms with Crippen LogP contribution in [0.4, 0.5) is 4.39 Å². The second kappa shape index (κ2) is 3.97. The van der Waals surface area contributed by atoms with Crippen molar-refractivity contribution >= 4 is 0 Å². The Morgan fingerprint density at radius 2 is 2.00 bits per heavy atom. The minimum atomic E-state index is -0.112. The van der Waals surface area contributed by atoms with Gasteiger partial charge in [-0.2, -0.15) is 0 Å². The molecule has 0 fully saturated rings. The third-order valence-electron chi connectivity index (χ3n) is 3.30. The molecule has 1 unspecified atom stereocenters. The fourth-order valence-electron chi connectivity index (χ4n) is 2.51. The number of aryl methyl sites for hydroxylation is 1. The van der Waals surface area contributed by atoms with Crippen LogP contribution in [0.15, 0.2) is 42.5 Å². The van der Waals surface area contributed by atoms with E-state index in [-0.39, 0.29) is 11.9 Å². The molecule has 0 aliphatic carbocycles. The summed E-state index contributed by atoms with van der Waals surface area (Å²) in [6.07, 6.45) is 0. The first-order chi connectivity index (χ1) is 8.25. The monoisotopic (exact) mass is 227 g/mol. The smallest absolute Gasteiger partial charge is 0.128 e.